The van der Waals surface area contributed by atoms with E-state index in [4.69, 9.17) is 9.47 Å². The molecule has 1 saturated heterocycles. The maximum absolute atomic E-state index is 11.8. The summed E-state index contributed by atoms with van der Waals surface area (Å²) < 4.78 is 9.71. The summed E-state index contributed by atoms with van der Waals surface area (Å²) in [6.07, 6.45) is 3.36. The minimum Gasteiger partial charge on any atom is -0.504 e. The Morgan fingerprint density at radius 3 is 2.95 bits per heavy atom. The van der Waals surface area contributed by atoms with Crippen LogP contribution in [0.2, 0.25) is 0 Å². The zero-order chi connectivity index (χ0) is 13.8. The van der Waals surface area contributed by atoms with Crippen molar-refractivity contribution in [2.24, 2.45) is 5.92 Å². The Hall–Kier alpha value is -2.30. The van der Waals surface area contributed by atoms with Crippen LogP contribution in [0.15, 0.2) is 24.3 Å². The number of carbonyl (C=O) groups is 2. The number of methoxy groups -OCH3 is 1. The quantitative estimate of drug-likeness (QED) is 0.506. The SMILES string of the molecule is COc1cc(/C=C/C(=O)C2CCOC2=O)ccc1O. The highest BCUT2D eigenvalue weighted by atomic mass is 16.5. The molecule has 1 heterocycles. The Morgan fingerprint density at radius 2 is 2.32 bits per heavy atom. The summed E-state index contributed by atoms with van der Waals surface area (Å²) in [4.78, 5) is 23.0. The lowest BCUT2D eigenvalue weighted by Crippen LogP contribution is -2.16. The highest BCUT2D eigenvalue weighted by molar-refractivity contribution is 6.07. The Morgan fingerprint density at radius 1 is 1.53 bits per heavy atom. The number of ketones is 1. The van der Waals surface area contributed by atoms with Gasteiger partial charge in [0.25, 0.3) is 0 Å². The Kier molecular flexibility index (Phi) is 3.85. The molecule has 100 valence electrons. The Labute approximate surface area is 110 Å². The molecule has 1 aromatic rings. The minimum absolute atomic E-state index is 0.0327. The molecule has 0 spiro atoms. The first-order valence-corrected chi connectivity index (χ1v) is 5.87. The van der Waals surface area contributed by atoms with Gasteiger partial charge < -0.3 is 14.6 Å². The third-order valence-corrected chi connectivity index (χ3v) is 2.92. The molecule has 0 bridgehead atoms. The van der Waals surface area contributed by atoms with Gasteiger partial charge in [0.05, 0.1) is 13.7 Å². The second-order valence-corrected chi connectivity index (χ2v) is 4.18. The predicted octanol–water partition coefficient (Wildman–Crippen LogP) is 1.55. The van der Waals surface area contributed by atoms with Crippen molar-refractivity contribution in [2.45, 2.75) is 6.42 Å². The van der Waals surface area contributed by atoms with Crippen molar-refractivity contribution in [3.63, 3.8) is 0 Å². The van der Waals surface area contributed by atoms with Crippen LogP contribution in [0, 0.1) is 5.92 Å². The van der Waals surface area contributed by atoms with Crippen molar-refractivity contribution >= 4 is 17.8 Å². The number of hydrogen-bond acceptors (Lipinski definition) is 5. The molecule has 0 radical (unpaired) electrons. The van der Waals surface area contributed by atoms with Crippen molar-refractivity contribution in [3.8, 4) is 11.5 Å². The van der Waals surface area contributed by atoms with Gasteiger partial charge in [-0.15, -0.1) is 0 Å². The zero-order valence-corrected chi connectivity index (χ0v) is 10.5. The number of aromatic hydroxyl groups is 1. The third-order valence-electron chi connectivity index (χ3n) is 2.92. The molecule has 0 aliphatic carbocycles. The third kappa shape index (κ3) is 2.93. The maximum atomic E-state index is 11.8. The van der Waals surface area contributed by atoms with E-state index in [1.54, 1.807) is 18.2 Å². The Bertz CT molecular complexity index is 533. The van der Waals surface area contributed by atoms with Crippen molar-refractivity contribution in [2.75, 3.05) is 13.7 Å². The number of esters is 1. The summed E-state index contributed by atoms with van der Waals surface area (Å²) in [5, 5.41) is 9.44. The van der Waals surface area contributed by atoms with Crippen LogP contribution in [0.3, 0.4) is 0 Å². The minimum atomic E-state index is -0.685. The van der Waals surface area contributed by atoms with Gasteiger partial charge in [0, 0.05) is 6.42 Å². The number of ether oxygens (including phenoxy) is 2. The number of phenolic OH excluding ortho intramolecular Hbond substituents is 1. The van der Waals surface area contributed by atoms with Gasteiger partial charge in [0.2, 0.25) is 0 Å². The van der Waals surface area contributed by atoms with E-state index in [2.05, 4.69) is 0 Å². The number of benzene rings is 1. The number of cyclic esters (lactones) is 1. The second-order valence-electron chi connectivity index (χ2n) is 4.18. The van der Waals surface area contributed by atoms with Crippen LogP contribution in [0.25, 0.3) is 6.08 Å². The summed E-state index contributed by atoms with van der Waals surface area (Å²) in [7, 11) is 1.45. The molecule has 5 heteroatoms. The van der Waals surface area contributed by atoms with Crippen LogP contribution in [0.5, 0.6) is 11.5 Å². The first kappa shape index (κ1) is 13.1. The average Bonchev–Trinajstić information content (AvgIpc) is 2.83. The maximum Gasteiger partial charge on any atom is 0.316 e. The van der Waals surface area contributed by atoms with Crippen LogP contribution in [0.4, 0.5) is 0 Å². The van der Waals surface area contributed by atoms with Gasteiger partial charge in [-0.1, -0.05) is 12.1 Å². The molecule has 19 heavy (non-hydrogen) atoms. The molecule has 0 saturated carbocycles. The van der Waals surface area contributed by atoms with Gasteiger partial charge in [0.1, 0.15) is 5.92 Å². The number of phenols is 1. The van der Waals surface area contributed by atoms with Crippen LogP contribution >= 0.6 is 0 Å². The molecule has 1 N–H and O–H groups in total. The van der Waals surface area contributed by atoms with E-state index >= 15 is 0 Å². The van der Waals surface area contributed by atoms with Gasteiger partial charge in [0.15, 0.2) is 17.3 Å². The van der Waals surface area contributed by atoms with Crippen LogP contribution in [0.1, 0.15) is 12.0 Å². The molecule has 1 aliphatic heterocycles. The van der Waals surface area contributed by atoms with E-state index in [0.717, 1.165) is 0 Å². The lowest BCUT2D eigenvalue weighted by molar-refractivity contribution is -0.143. The molecule has 1 fully saturated rings. The van der Waals surface area contributed by atoms with E-state index in [9.17, 15) is 14.7 Å². The normalized spacial score (nSPS) is 18.6. The molecule has 1 atom stereocenters. The van der Waals surface area contributed by atoms with Gasteiger partial charge in [-0.25, -0.2) is 0 Å². The number of carbonyl (C=O) groups excluding carboxylic acids is 2. The van der Waals surface area contributed by atoms with E-state index in [1.165, 1.54) is 19.3 Å². The summed E-state index contributed by atoms with van der Waals surface area (Å²) in [5.74, 6) is -1.05. The number of hydrogen-bond donors (Lipinski definition) is 1. The Balaban J connectivity index is 2.10. The van der Waals surface area contributed by atoms with Crippen molar-refractivity contribution in [3.05, 3.63) is 29.8 Å². The van der Waals surface area contributed by atoms with Crippen molar-refractivity contribution in [1.82, 2.24) is 0 Å². The summed E-state index contributed by atoms with van der Waals surface area (Å²) in [6.45, 7) is 0.302. The van der Waals surface area contributed by atoms with E-state index in [1.807, 2.05) is 0 Å². The fraction of sp³-hybridized carbons (Fsp3) is 0.286. The summed E-state index contributed by atoms with van der Waals surface area (Å²) >= 11 is 0. The van der Waals surface area contributed by atoms with Crippen LogP contribution in [-0.4, -0.2) is 30.6 Å². The largest absolute Gasteiger partial charge is 0.504 e. The van der Waals surface area contributed by atoms with Crippen molar-refractivity contribution in [1.29, 1.82) is 0 Å². The number of rotatable bonds is 4. The fourth-order valence-electron chi connectivity index (χ4n) is 1.85. The topological polar surface area (TPSA) is 72.8 Å². The molecule has 0 amide bonds. The zero-order valence-electron chi connectivity index (χ0n) is 10.5. The predicted molar refractivity (Wildman–Crippen MR) is 67.8 cm³/mol. The van der Waals surface area contributed by atoms with Crippen LogP contribution < -0.4 is 4.74 Å². The molecular weight excluding hydrogens is 248 g/mol. The molecule has 5 nitrogen and oxygen atoms in total. The van der Waals surface area contributed by atoms with Gasteiger partial charge in [-0.2, -0.15) is 0 Å². The molecule has 1 aromatic carbocycles. The summed E-state index contributed by atoms with van der Waals surface area (Å²) in [5.41, 5.74) is 0.703. The molecule has 1 unspecified atom stereocenters. The summed E-state index contributed by atoms with van der Waals surface area (Å²) in [6, 6.07) is 4.73. The monoisotopic (exact) mass is 262 g/mol. The molecular formula is C14H14O5. The number of allylic oxidation sites excluding steroid dienone is 1. The van der Waals surface area contributed by atoms with Gasteiger partial charge in [-0.05, 0) is 23.8 Å². The first-order chi connectivity index (χ1) is 9.11. The molecule has 2 rings (SSSR count). The smallest absolute Gasteiger partial charge is 0.316 e. The lowest BCUT2D eigenvalue weighted by atomic mass is 10.0. The lowest BCUT2D eigenvalue weighted by Gasteiger charge is -2.04. The van der Waals surface area contributed by atoms with Crippen LogP contribution in [-0.2, 0) is 14.3 Å². The first-order valence-electron chi connectivity index (χ1n) is 5.87. The van der Waals surface area contributed by atoms with E-state index in [-0.39, 0.29) is 11.5 Å². The van der Waals surface area contributed by atoms with E-state index < -0.39 is 11.9 Å². The molecule has 1 aliphatic rings. The standard InChI is InChI=1S/C14H14O5/c1-18-13-8-9(3-5-12(13)16)2-4-11(15)10-6-7-19-14(10)17/h2-5,8,10,16H,6-7H2,1H3/b4-2+. The van der Waals surface area contributed by atoms with Gasteiger partial charge in [-0.3, -0.25) is 9.59 Å². The van der Waals surface area contributed by atoms with Gasteiger partial charge >= 0.3 is 5.97 Å². The molecule has 0 aromatic heterocycles. The second kappa shape index (κ2) is 5.56. The van der Waals surface area contributed by atoms with E-state index in [0.29, 0.717) is 24.3 Å². The highest BCUT2D eigenvalue weighted by Crippen LogP contribution is 2.27. The average molecular weight is 262 g/mol. The van der Waals surface area contributed by atoms with Crippen molar-refractivity contribution < 1.29 is 24.2 Å². The highest BCUT2D eigenvalue weighted by Gasteiger charge is 2.31. The fourth-order valence-corrected chi connectivity index (χ4v) is 1.85.